The van der Waals surface area contributed by atoms with Crippen molar-refractivity contribution in [2.45, 2.75) is 26.4 Å². The van der Waals surface area contributed by atoms with Crippen molar-refractivity contribution in [1.82, 2.24) is 4.31 Å². The monoisotopic (exact) mass is 286 g/mol. The highest BCUT2D eigenvalue weighted by Gasteiger charge is 2.28. The standard InChI is InChI=1S/C10H22N2O3S.ClH/c1-9(2)3-6-16(13,14)12-4-5-15-10(7-11)8-12;/h9-10H,3-8,11H2,1-2H3;1H. The Labute approximate surface area is 110 Å². The van der Waals surface area contributed by atoms with E-state index in [9.17, 15) is 8.42 Å². The quantitative estimate of drug-likeness (QED) is 0.796. The van der Waals surface area contributed by atoms with E-state index in [4.69, 9.17) is 10.5 Å². The van der Waals surface area contributed by atoms with Crippen LogP contribution in [0.15, 0.2) is 0 Å². The third-order valence-electron chi connectivity index (χ3n) is 2.71. The van der Waals surface area contributed by atoms with Gasteiger partial charge in [0, 0.05) is 19.6 Å². The Bertz CT molecular complexity index is 309. The molecule has 5 nitrogen and oxygen atoms in total. The van der Waals surface area contributed by atoms with Gasteiger partial charge in [0.1, 0.15) is 0 Å². The summed E-state index contributed by atoms with van der Waals surface area (Å²) >= 11 is 0. The molecule has 0 spiro atoms. The Balaban J connectivity index is 0.00000256. The molecule has 0 saturated carbocycles. The van der Waals surface area contributed by atoms with Crippen molar-refractivity contribution >= 4 is 22.4 Å². The van der Waals surface area contributed by atoms with Crippen LogP contribution in [0.5, 0.6) is 0 Å². The molecule has 0 aromatic rings. The number of sulfonamides is 1. The molecule has 0 bridgehead atoms. The maximum absolute atomic E-state index is 12.0. The molecule has 7 heteroatoms. The fourth-order valence-electron chi connectivity index (χ4n) is 1.60. The van der Waals surface area contributed by atoms with Gasteiger partial charge in [-0.1, -0.05) is 13.8 Å². The zero-order chi connectivity index (χ0) is 12.2. The van der Waals surface area contributed by atoms with Crippen molar-refractivity contribution < 1.29 is 13.2 Å². The summed E-state index contributed by atoms with van der Waals surface area (Å²) in [5.74, 6) is 0.628. The van der Waals surface area contributed by atoms with Crippen LogP contribution in [0.1, 0.15) is 20.3 Å². The van der Waals surface area contributed by atoms with E-state index in [1.54, 1.807) is 0 Å². The lowest BCUT2D eigenvalue weighted by atomic mass is 10.2. The van der Waals surface area contributed by atoms with Gasteiger partial charge in [0.2, 0.25) is 10.0 Å². The normalized spacial score (nSPS) is 22.5. The number of halogens is 1. The largest absolute Gasteiger partial charge is 0.374 e. The first-order valence-electron chi connectivity index (χ1n) is 5.75. The van der Waals surface area contributed by atoms with Crippen LogP contribution in [0.2, 0.25) is 0 Å². The Hall–Kier alpha value is 0.120. The van der Waals surface area contributed by atoms with Crippen molar-refractivity contribution in [3.63, 3.8) is 0 Å². The molecule has 1 atom stereocenters. The Morgan fingerprint density at radius 3 is 2.65 bits per heavy atom. The van der Waals surface area contributed by atoms with Crippen LogP contribution in [0.3, 0.4) is 0 Å². The first-order chi connectivity index (χ1) is 7.45. The van der Waals surface area contributed by atoms with Gasteiger partial charge in [-0.2, -0.15) is 4.31 Å². The van der Waals surface area contributed by atoms with Crippen LogP contribution in [-0.4, -0.2) is 50.8 Å². The van der Waals surface area contributed by atoms with Gasteiger partial charge in [0.25, 0.3) is 0 Å². The highest BCUT2D eigenvalue weighted by molar-refractivity contribution is 7.89. The van der Waals surface area contributed by atoms with Crippen LogP contribution in [-0.2, 0) is 14.8 Å². The summed E-state index contributed by atoms with van der Waals surface area (Å²) in [5, 5.41) is 0. The average molecular weight is 287 g/mol. The van der Waals surface area contributed by atoms with Crippen molar-refractivity contribution in [3.8, 4) is 0 Å². The van der Waals surface area contributed by atoms with Crippen molar-refractivity contribution in [2.24, 2.45) is 11.7 Å². The molecule has 0 aromatic carbocycles. The number of rotatable bonds is 5. The molecule has 0 amide bonds. The molecule has 1 unspecified atom stereocenters. The van der Waals surface area contributed by atoms with E-state index in [1.165, 1.54) is 4.31 Å². The van der Waals surface area contributed by atoms with Gasteiger partial charge in [-0.25, -0.2) is 8.42 Å². The zero-order valence-electron chi connectivity index (χ0n) is 10.5. The van der Waals surface area contributed by atoms with Crippen LogP contribution in [0.25, 0.3) is 0 Å². The first kappa shape index (κ1) is 17.1. The number of hydrogen-bond acceptors (Lipinski definition) is 4. The van der Waals surface area contributed by atoms with E-state index in [1.807, 2.05) is 13.8 Å². The summed E-state index contributed by atoms with van der Waals surface area (Å²) < 4.78 is 30.8. The minimum atomic E-state index is -3.12. The second-order valence-electron chi connectivity index (χ2n) is 4.59. The second kappa shape index (κ2) is 7.53. The molecule has 1 aliphatic heterocycles. The fourth-order valence-corrected chi connectivity index (χ4v) is 3.37. The number of hydrogen-bond donors (Lipinski definition) is 1. The molecule has 0 aromatic heterocycles. The lowest BCUT2D eigenvalue weighted by molar-refractivity contribution is 0.00449. The molecule has 1 rings (SSSR count). The summed E-state index contributed by atoms with van der Waals surface area (Å²) in [6.45, 7) is 5.72. The SMILES string of the molecule is CC(C)CCS(=O)(=O)N1CCOC(CN)C1.Cl. The van der Waals surface area contributed by atoms with Crippen LogP contribution in [0, 0.1) is 5.92 Å². The van der Waals surface area contributed by atoms with Gasteiger partial charge in [-0.15, -0.1) is 12.4 Å². The second-order valence-corrected chi connectivity index (χ2v) is 6.67. The van der Waals surface area contributed by atoms with Crippen molar-refractivity contribution in [2.75, 3.05) is 32.0 Å². The molecule has 1 saturated heterocycles. The summed E-state index contributed by atoms with van der Waals surface area (Å²) in [4.78, 5) is 0. The van der Waals surface area contributed by atoms with Gasteiger partial charge in [-0.3, -0.25) is 0 Å². The fraction of sp³-hybridized carbons (Fsp3) is 1.00. The predicted molar refractivity (Wildman–Crippen MR) is 70.9 cm³/mol. The predicted octanol–water partition coefficient (Wildman–Crippen LogP) is 0.444. The lowest BCUT2D eigenvalue weighted by Crippen LogP contribution is -2.48. The molecule has 0 radical (unpaired) electrons. The van der Waals surface area contributed by atoms with Gasteiger partial charge in [0.05, 0.1) is 18.5 Å². The molecule has 104 valence electrons. The van der Waals surface area contributed by atoms with Gasteiger partial charge in [0.15, 0.2) is 0 Å². The van der Waals surface area contributed by atoms with Crippen LogP contribution >= 0.6 is 12.4 Å². The minimum Gasteiger partial charge on any atom is -0.374 e. The van der Waals surface area contributed by atoms with E-state index >= 15 is 0 Å². The van der Waals surface area contributed by atoms with E-state index < -0.39 is 10.0 Å². The summed E-state index contributed by atoms with van der Waals surface area (Å²) in [6, 6.07) is 0. The Morgan fingerprint density at radius 2 is 2.12 bits per heavy atom. The van der Waals surface area contributed by atoms with Crippen molar-refractivity contribution in [3.05, 3.63) is 0 Å². The molecule has 17 heavy (non-hydrogen) atoms. The maximum Gasteiger partial charge on any atom is 0.214 e. The van der Waals surface area contributed by atoms with E-state index in [-0.39, 0.29) is 24.3 Å². The Morgan fingerprint density at radius 1 is 1.47 bits per heavy atom. The molecular formula is C10H23ClN2O3S. The molecular weight excluding hydrogens is 264 g/mol. The smallest absolute Gasteiger partial charge is 0.214 e. The minimum absolute atomic E-state index is 0. The van der Waals surface area contributed by atoms with Gasteiger partial charge in [-0.05, 0) is 12.3 Å². The topological polar surface area (TPSA) is 72.6 Å². The number of nitrogens with two attached hydrogens (primary N) is 1. The van der Waals surface area contributed by atoms with Gasteiger partial charge >= 0.3 is 0 Å². The third kappa shape index (κ3) is 5.52. The van der Waals surface area contributed by atoms with E-state index in [0.717, 1.165) is 0 Å². The molecule has 1 fully saturated rings. The molecule has 0 aliphatic carbocycles. The Kier molecular flexibility index (Phi) is 7.58. The highest BCUT2D eigenvalue weighted by atomic mass is 35.5. The summed E-state index contributed by atoms with van der Waals surface area (Å²) in [5.41, 5.74) is 5.48. The highest BCUT2D eigenvalue weighted by Crippen LogP contribution is 2.12. The molecule has 1 aliphatic rings. The van der Waals surface area contributed by atoms with Crippen LogP contribution < -0.4 is 5.73 Å². The molecule has 2 N–H and O–H groups in total. The maximum atomic E-state index is 12.0. The first-order valence-corrected chi connectivity index (χ1v) is 7.36. The van der Waals surface area contributed by atoms with E-state index in [2.05, 4.69) is 0 Å². The van der Waals surface area contributed by atoms with Crippen molar-refractivity contribution in [1.29, 1.82) is 0 Å². The van der Waals surface area contributed by atoms with Gasteiger partial charge < -0.3 is 10.5 Å². The molecule has 1 heterocycles. The zero-order valence-corrected chi connectivity index (χ0v) is 12.1. The summed E-state index contributed by atoms with van der Waals surface area (Å²) in [7, 11) is -3.12. The van der Waals surface area contributed by atoms with Crippen LogP contribution in [0.4, 0.5) is 0 Å². The number of nitrogens with zero attached hydrogens (tertiary/aromatic N) is 1. The number of ether oxygens (including phenoxy) is 1. The average Bonchev–Trinajstić information content (AvgIpc) is 2.27. The number of morpholine rings is 1. The lowest BCUT2D eigenvalue weighted by Gasteiger charge is -2.31. The van der Waals surface area contributed by atoms with E-state index in [0.29, 0.717) is 38.6 Å². The third-order valence-corrected chi connectivity index (χ3v) is 4.58. The summed E-state index contributed by atoms with van der Waals surface area (Å²) in [6.07, 6.45) is 0.551.